The zero-order valence-electron chi connectivity index (χ0n) is 12.2. The third-order valence-corrected chi connectivity index (χ3v) is 4.87. The van der Waals surface area contributed by atoms with Gasteiger partial charge in [-0.1, -0.05) is 0 Å². The van der Waals surface area contributed by atoms with Crippen molar-refractivity contribution in [3.05, 3.63) is 29.0 Å². The minimum Gasteiger partial charge on any atom is -0.375 e. The molecule has 3 N–H and O–H groups in total. The Labute approximate surface area is 127 Å². The van der Waals surface area contributed by atoms with Crippen molar-refractivity contribution in [2.24, 2.45) is 0 Å². The lowest BCUT2D eigenvalue weighted by Gasteiger charge is -2.29. The highest BCUT2D eigenvalue weighted by Crippen LogP contribution is 2.28. The molecule has 0 radical (unpaired) electrons. The Balaban J connectivity index is 1.69. The van der Waals surface area contributed by atoms with Crippen molar-refractivity contribution in [2.75, 3.05) is 5.73 Å². The average molecular weight is 305 g/mol. The maximum Gasteiger partial charge on any atom is 0.247 e. The number of nitrogens with two attached hydrogens (primary N) is 1. The normalized spacial score (nSPS) is 18.3. The molecule has 1 amide bonds. The summed E-state index contributed by atoms with van der Waals surface area (Å²) in [6.45, 7) is 3.74. The van der Waals surface area contributed by atoms with Crippen molar-refractivity contribution in [1.29, 1.82) is 0 Å². The fourth-order valence-corrected chi connectivity index (χ4v) is 3.54. The van der Waals surface area contributed by atoms with Crippen LogP contribution in [0, 0.1) is 0 Å². The first-order valence-corrected chi connectivity index (χ1v) is 7.83. The summed E-state index contributed by atoms with van der Waals surface area (Å²) in [5.74, 6) is -0.0165. The standard InChI is InChI=1S/C14H19N5OS/c1-14(2,19-7-3-6-16-19)12(20)17-9-4-5-10-11(8-9)21-13(15)18-10/h3,6-7,9H,4-5,8H2,1-2H3,(H2,15,18)(H,17,20)/t9-/m0/s1. The first kappa shape index (κ1) is 14.1. The molecule has 1 atom stereocenters. The summed E-state index contributed by atoms with van der Waals surface area (Å²) in [6.07, 6.45) is 6.07. The van der Waals surface area contributed by atoms with Crippen molar-refractivity contribution < 1.29 is 4.79 Å². The first-order valence-electron chi connectivity index (χ1n) is 7.02. The van der Waals surface area contributed by atoms with E-state index in [0.717, 1.165) is 25.0 Å². The van der Waals surface area contributed by atoms with Gasteiger partial charge < -0.3 is 11.1 Å². The number of aromatic nitrogens is 3. The number of nitrogens with one attached hydrogen (secondary N) is 1. The first-order chi connectivity index (χ1) is 9.96. The van der Waals surface area contributed by atoms with Crippen LogP contribution in [0.3, 0.4) is 0 Å². The molecule has 0 bridgehead atoms. The van der Waals surface area contributed by atoms with E-state index in [-0.39, 0.29) is 11.9 Å². The minimum atomic E-state index is -0.698. The highest BCUT2D eigenvalue weighted by Gasteiger charge is 2.33. The topological polar surface area (TPSA) is 85.8 Å². The van der Waals surface area contributed by atoms with Gasteiger partial charge in [0.15, 0.2) is 5.13 Å². The van der Waals surface area contributed by atoms with E-state index in [1.807, 2.05) is 26.1 Å². The van der Waals surface area contributed by atoms with Gasteiger partial charge in [0.05, 0.1) is 5.69 Å². The average Bonchev–Trinajstić information content (AvgIpc) is 3.06. The molecule has 1 aliphatic carbocycles. The molecule has 0 aliphatic heterocycles. The Bertz CT molecular complexity index is 646. The number of fused-ring (bicyclic) bond motifs is 1. The molecule has 2 heterocycles. The van der Waals surface area contributed by atoms with E-state index < -0.39 is 5.54 Å². The molecule has 3 rings (SSSR count). The molecule has 7 heteroatoms. The van der Waals surface area contributed by atoms with Crippen LogP contribution in [0.4, 0.5) is 5.13 Å². The largest absolute Gasteiger partial charge is 0.375 e. The Morgan fingerprint density at radius 2 is 2.38 bits per heavy atom. The van der Waals surface area contributed by atoms with Crippen molar-refractivity contribution in [3.8, 4) is 0 Å². The van der Waals surface area contributed by atoms with Crippen LogP contribution in [0.2, 0.25) is 0 Å². The molecule has 21 heavy (non-hydrogen) atoms. The van der Waals surface area contributed by atoms with Crippen LogP contribution >= 0.6 is 11.3 Å². The van der Waals surface area contributed by atoms with E-state index in [2.05, 4.69) is 15.4 Å². The van der Waals surface area contributed by atoms with Crippen molar-refractivity contribution in [2.45, 2.75) is 44.7 Å². The van der Waals surface area contributed by atoms with E-state index in [1.54, 1.807) is 10.9 Å². The summed E-state index contributed by atoms with van der Waals surface area (Å²) in [5.41, 5.74) is 6.14. The van der Waals surface area contributed by atoms with Gasteiger partial charge in [0.2, 0.25) is 5.91 Å². The van der Waals surface area contributed by atoms with Gasteiger partial charge in [-0.3, -0.25) is 9.48 Å². The number of nitrogen functional groups attached to an aromatic ring is 1. The van der Waals surface area contributed by atoms with Gasteiger partial charge in [-0.25, -0.2) is 4.98 Å². The van der Waals surface area contributed by atoms with Crippen LogP contribution in [0.15, 0.2) is 18.5 Å². The number of amides is 1. The number of rotatable bonds is 3. The van der Waals surface area contributed by atoms with Gasteiger partial charge in [0, 0.05) is 29.7 Å². The third-order valence-electron chi connectivity index (χ3n) is 3.92. The van der Waals surface area contributed by atoms with Gasteiger partial charge >= 0.3 is 0 Å². The summed E-state index contributed by atoms with van der Waals surface area (Å²) < 4.78 is 1.68. The van der Waals surface area contributed by atoms with E-state index in [1.165, 1.54) is 16.2 Å². The molecule has 0 saturated carbocycles. The van der Waals surface area contributed by atoms with Crippen molar-refractivity contribution in [3.63, 3.8) is 0 Å². The second kappa shape index (κ2) is 5.14. The molecule has 6 nitrogen and oxygen atoms in total. The smallest absolute Gasteiger partial charge is 0.247 e. The van der Waals surface area contributed by atoms with Crippen molar-refractivity contribution >= 4 is 22.4 Å². The molecule has 0 aromatic carbocycles. The number of carbonyl (C=O) groups excluding carboxylic acids is 1. The van der Waals surface area contributed by atoms with E-state index >= 15 is 0 Å². The SMILES string of the molecule is CC(C)(C(=O)N[C@H]1CCc2nc(N)sc2C1)n1cccn1. The Kier molecular flexibility index (Phi) is 3.44. The molecule has 1 aliphatic rings. The highest BCUT2D eigenvalue weighted by atomic mass is 32.1. The summed E-state index contributed by atoms with van der Waals surface area (Å²) in [5, 5.41) is 7.92. The number of nitrogens with zero attached hydrogens (tertiary/aromatic N) is 3. The number of carbonyl (C=O) groups is 1. The van der Waals surface area contributed by atoms with Crippen LogP contribution in [-0.2, 0) is 23.2 Å². The third kappa shape index (κ3) is 2.65. The zero-order valence-corrected chi connectivity index (χ0v) is 13.0. The maximum absolute atomic E-state index is 12.5. The number of hydrogen-bond donors (Lipinski definition) is 2. The van der Waals surface area contributed by atoms with E-state index in [9.17, 15) is 4.79 Å². The highest BCUT2D eigenvalue weighted by molar-refractivity contribution is 7.15. The molecule has 2 aromatic rings. The molecule has 0 unspecified atom stereocenters. The summed E-state index contributed by atoms with van der Waals surface area (Å²) >= 11 is 1.52. The number of aryl methyl sites for hydroxylation is 1. The Morgan fingerprint density at radius 1 is 1.57 bits per heavy atom. The zero-order chi connectivity index (χ0) is 15.0. The van der Waals surface area contributed by atoms with Crippen molar-refractivity contribution in [1.82, 2.24) is 20.1 Å². The van der Waals surface area contributed by atoms with Gasteiger partial charge in [0.1, 0.15) is 5.54 Å². The summed E-state index contributed by atoms with van der Waals surface area (Å²) in [6, 6.07) is 1.96. The second-order valence-corrected chi connectivity index (χ2v) is 6.96. The number of hydrogen-bond acceptors (Lipinski definition) is 5. The van der Waals surface area contributed by atoms with Gasteiger partial charge in [-0.05, 0) is 32.8 Å². The summed E-state index contributed by atoms with van der Waals surface area (Å²) in [7, 11) is 0. The minimum absolute atomic E-state index is 0.0165. The Morgan fingerprint density at radius 3 is 3.10 bits per heavy atom. The predicted molar refractivity (Wildman–Crippen MR) is 82.0 cm³/mol. The van der Waals surface area contributed by atoms with E-state index in [0.29, 0.717) is 5.13 Å². The summed E-state index contributed by atoms with van der Waals surface area (Å²) in [4.78, 5) is 18.1. The molecular weight excluding hydrogens is 286 g/mol. The Hall–Kier alpha value is -1.89. The maximum atomic E-state index is 12.5. The fraction of sp³-hybridized carbons (Fsp3) is 0.500. The van der Waals surface area contributed by atoms with Crippen LogP contribution in [-0.4, -0.2) is 26.7 Å². The molecule has 0 saturated heterocycles. The monoisotopic (exact) mass is 305 g/mol. The van der Waals surface area contributed by atoms with Crippen LogP contribution in [0.5, 0.6) is 0 Å². The van der Waals surface area contributed by atoms with Crippen LogP contribution in [0.1, 0.15) is 30.8 Å². The number of anilines is 1. The molecule has 0 fully saturated rings. The second-order valence-electron chi connectivity index (χ2n) is 5.84. The fourth-order valence-electron chi connectivity index (χ4n) is 2.58. The van der Waals surface area contributed by atoms with Crippen LogP contribution < -0.4 is 11.1 Å². The lowest BCUT2D eigenvalue weighted by Crippen LogP contribution is -2.49. The van der Waals surface area contributed by atoms with Gasteiger partial charge in [-0.15, -0.1) is 11.3 Å². The quantitative estimate of drug-likeness (QED) is 0.896. The van der Waals surface area contributed by atoms with Gasteiger partial charge in [0.25, 0.3) is 0 Å². The van der Waals surface area contributed by atoms with E-state index in [4.69, 9.17) is 5.73 Å². The molecule has 0 spiro atoms. The molecule has 112 valence electrons. The van der Waals surface area contributed by atoms with Crippen LogP contribution in [0.25, 0.3) is 0 Å². The predicted octanol–water partition coefficient (Wildman–Crippen LogP) is 1.33. The molecule has 2 aromatic heterocycles. The van der Waals surface area contributed by atoms with Gasteiger partial charge in [-0.2, -0.15) is 5.10 Å². The lowest BCUT2D eigenvalue weighted by atomic mass is 9.96. The molecular formula is C14H19N5OS. The lowest BCUT2D eigenvalue weighted by molar-refractivity contribution is -0.129. The number of thiazole rings is 1.